The Hall–Kier alpha value is -1.62. The number of ether oxygens (including phenoxy) is 1. The van der Waals surface area contributed by atoms with Gasteiger partial charge in [-0.15, -0.1) is 0 Å². The maximum Gasteiger partial charge on any atom is 0.276 e. The van der Waals surface area contributed by atoms with Crippen molar-refractivity contribution < 1.29 is 4.74 Å². The molecule has 0 amide bonds. The Morgan fingerprint density at radius 3 is 3.06 bits per heavy atom. The van der Waals surface area contributed by atoms with Crippen LogP contribution in [0.25, 0.3) is 5.65 Å². The average molecular weight is 219 g/mol. The summed E-state index contributed by atoms with van der Waals surface area (Å²) >= 11 is 0. The van der Waals surface area contributed by atoms with Gasteiger partial charge in [-0.25, -0.2) is 9.50 Å². The van der Waals surface area contributed by atoms with Crippen LogP contribution in [0, 0.1) is 0 Å². The first-order valence-corrected chi connectivity index (χ1v) is 5.37. The fourth-order valence-corrected chi connectivity index (χ4v) is 2.05. The summed E-state index contributed by atoms with van der Waals surface area (Å²) in [6.07, 6.45) is 1.68. The standard InChI is InChI=1S/C11H13N3O2/c1-6(2)7-3-12-10-8-4-16-5-9(8)13-14(10)11(7)15/h3,6,13H,4-5H2,1-2H3. The molecule has 0 atom stereocenters. The summed E-state index contributed by atoms with van der Waals surface area (Å²) in [5.74, 6) is 0.186. The van der Waals surface area contributed by atoms with Crippen LogP contribution in [-0.4, -0.2) is 14.6 Å². The monoisotopic (exact) mass is 219 g/mol. The largest absolute Gasteiger partial charge is 0.370 e. The van der Waals surface area contributed by atoms with E-state index in [4.69, 9.17) is 4.74 Å². The Morgan fingerprint density at radius 2 is 2.31 bits per heavy atom. The highest BCUT2D eigenvalue weighted by Crippen LogP contribution is 2.21. The van der Waals surface area contributed by atoms with Gasteiger partial charge in [-0.1, -0.05) is 13.8 Å². The predicted molar refractivity (Wildman–Crippen MR) is 58.4 cm³/mol. The highest BCUT2D eigenvalue weighted by Gasteiger charge is 2.20. The van der Waals surface area contributed by atoms with Crippen molar-refractivity contribution in [3.05, 3.63) is 33.4 Å². The van der Waals surface area contributed by atoms with Crippen molar-refractivity contribution in [2.75, 3.05) is 0 Å². The van der Waals surface area contributed by atoms with Gasteiger partial charge in [0, 0.05) is 17.3 Å². The van der Waals surface area contributed by atoms with Crippen LogP contribution in [0.15, 0.2) is 11.0 Å². The van der Waals surface area contributed by atoms with Gasteiger partial charge in [0.2, 0.25) is 0 Å². The molecular formula is C11H13N3O2. The SMILES string of the molecule is CC(C)c1cnc2c3c([nH]n2c1=O)COC3. The maximum absolute atomic E-state index is 12.1. The molecule has 5 heteroatoms. The van der Waals surface area contributed by atoms with Crippen molar-refractivity contribution in [2.24, 2.45) is 0 Å². The summed E-state index contributed by atoms with van der Waals surface area (Å²) in [5, 5.41) is 3.06. The minimum atomic E-state index is -0.00519. The van der Waals surface area contributed by atoms with Gasteiger partial charge in [-0.05, 0) is 5.92 Å². The highest BCUT2D eigenvalue weighted by molar-refractivity contribution is 5.50. The molecule has 3 heterocycles. The third kappa shape index (κ3) is 1.15. The Kier molecular flexibility index (Phi) is 1.91. The van der Waals surface area contributed by atoms with Gasteiger partial charge in [0.05, 0.1) is 18.9 Å². The van der Waals surface area contributed by atoms with E-state index in [0.717, 1.165) is 16.8 Å². The Labute approximate surface area is 92.1 Å². The van der Waals surface area contributed by atoms with Crippen LogP contribution < -0.4 is 5.56 Å². The van der Waals surface area contributed by atoms with Crippen LogP contribution >= 0.6 is 0 Å². The maximum atomic E-state index is 12.1. The van der Waals surface area contributed by atoms with Crippen LogP contribution in [-0.2, 0) is 18.0 Å². The van der Waals surface area contributed by atoms with Gasteiger partial charge in [-0.3, -0.25) is 9.89 Å². The van der Waals surface area contributed by atoms with Crippen LogP contribution in [0.5, 0.6) is 0 Å². The molecule has 0 spiro atoms. The molecule has 16 heavy (non-hydrogen) atoms. The number of nitrogens with zero attached hydrogens (tertiary/aromatic N) is 2. The first kappa shape index (κ1) is 9.59. The van der Waals surface area contributed by atoms with Crippen LogP contribution in [0.1, 0.15) is 36.6 Å². The van der Waals surface area contributed by atoms with Crippen molar-refractivity contribution in [2.45, 2.75) is 33.0 Å². The van der Waals surface area contributed by atoms with E-state index in [0.29, 0.717) is 18.9 Å². The third-order valence-corrected chi connectivity index (χ3v) is 2.98. The summed E-state index contributed by atoms with van der Waals surface area (Å²) < 4.78 is 6.82. The van der Waals surface area contributed by atoms with E-state index in [1.54, 1.807) is 6.20 Å². The molecular weight excluding hydrogens is 206 g/mol. The smallest absolute Gasteiger partial charge is 0.276 e. The number of hydrogen-bond acceptors (Lipinski definition) is 3. The van der Waals surface area contributed by atoms with E-state index < -0.39 is 0 Å². The molecule has 0 aromatic carbocycles. The molecule has 1 N–H and O–H groups in total. The molecule has 0 saturated heterocycles. The first-order valence-electron chi connectivity index (χ1n) is 5.37. The zero-order valence-corrected chi connectivity index (χ0v) is 9.28. The van der Waals surface area contributed by atoms with E-state index in [9.17, 15) is 4.79 Å². The molecule has 2 aromatic rings. The molecule has 0 aliphatic carbocycles. The molecule has 5 nitrogen and oxygen atoms in total. The van der Waals surface area contributed by atoms with Gasteiger partial charge in [0.15, 0.2) is 5.65 Å². The lowest BCUT2D eigenvalue weighted by atomic mass is 10.1. The number of nitrogens with one attached hydrogen (secondary N) is 1. The summed E-state index contributed by atoms with van der Waals surface area (Å²) in [7, 11) is 0. The van der Waals surface area contributed by atoms with Gasteiger partial charge in [-0.2, -0.15) is 0 Å². The van der Waals surface area contributed by atoms with Crippen molar-refractivity contribution in [3.8, 4) is 0 Å². The molecule has 1 aliphatic rings. The minimum Gasteiger partial charge on any atom is -0.370 e. The first-order chi connectivity index (χ1) is 7.68. The van der Waals surface area contributed by atoms with Crippen molar-refractivity contribution >= 4 is 5.65 Å². The number of H-pyrrole nitrogens is 1. The normalized spacial score (nSPS) is 14.9. The van der Waals surface area contributed by atoms with Crippen molar-refractivity contribution in [1.82, 2.24) is 14.6 Å². The summed E-state index contributed by atoms with van der Waals surface area (Å²) in [6.45, 7) is 5.06. The Bertz CT molecular complexity index is 609. The molecule has 0 saturated carbocycles. The van der Waals surface area contributed by atoms with Crippen LogP contribution in [0.4, 0.5) is 0 Å². The lowest BCUT2D eigenvalue weighted by molar-refractivity contribution is 0.132. The second kappa shape index (κ2) is 3.18. The molecule has 3 rings (SSSR count). The zero-order valence-electron chi connectivity index (χ0n) is 9.28. The molecule has 2 aromatic heterocycles. The molecule has 1 aliphatic heterocycles. The van der Waals surface area contributed by atoms with E-state index in [1.165, 1.54) is 4.52 Å². The highest BCUT2D eigenvalue weighted by atomic mass is 16.5. The van der Waals surface area contributed by atoms with E-state index in [1.807, 2.05) is 13.8 Å². The van der Waals surface area contributed by atoms with E-state index >= 15 is 0 Å². The molecule has 84 valence electrons. The summed E-state index contributed by atoms with van der Waals surface area (Å²) in [6, 6.07) is 0. The Balaban J connectivity index is 2.35. The van der Waals surface area contributed by atoms with Gasteiger partial charge in [0.1, 0.15) is 0 Å². The lowest BCUT2D eigenvalue weighted by Gasteiger charge is -2.04. The molecule has 0 bridgehead atoms. The van der Waals surface area contributed by atoms with Crippen LogP contribution in [0.2, 0.25) is 0 Å². The fourth-order valence-electron chi connectivity index (χ4n) is 2.05. The summed E-state index contributed by atoms with van der Waals surface area (Å²) in [4.78, 5) is 16.5. The van der Waals surface area contributed by atoms with E-state index in [2.05, 4.69) is 10.1 Å². The summed E-state index contributed by atoms with van der Waals surface area (Å²) in [5.41, 5.74) is 3.40. The van der Waals surface area contributed by atoms with Gasteiger partial charge < -0.3 is 4.74 Å². The third-order valence-electron chi connectivity index (χ3n) is 2.98. The van der Waals surface area contributed by atoms with Crippen LogP contribution in [0.3, 0.4) is 0 Å². The quantitative estimate of drug-likeness (QED) is 0.783. The Morgan fingerprint density at radius 1 is 1.50 bits per heavy atom. The number of aromatic amines is 1. The lowest BCUT2D eigenvalue weighted by Crippen LogP contribution is -2.20. The number of fused-ring (bicyclic) bond motifs is 3. The van der Waals surface area contributed by atoms with E-state index in [-0.39, 0.29) is 11.5 Å². The number of rotatable bonds is 1. The minimum absolute atomic E-state index is 0.00519. The number of aromatic nitrogens is 3. The molecule has 0 unspecified atom stereocenters. The van der Waals surface area contributed by atoms with Crippen molar-refractivity contribution in [3.63, 3.8) is 0 Å². The topological polar surface area (TPSA) is 59.4 Å². The van der Waals surface area contributed by atoms with Crippen molar-refractivity contribution in [1.29, 1.82) is 0 Å². The van der Waals surface area contributed by atoms with Gasteiger partial charge >= 0.3 is 0 Å². The second-order valence-corrected chi connectivity index (χ2v) is 4.39. The number of hydrogen-bond donors (Lipinski definition) is 1. The average Bonchev–Trinajstić information content (AvgIpc) is 2.78. The zero-order chi connectivity index (χ0) is 11.3. The molecule has 0 fully saturated rings. The van der Waals surface area contributed by atoms with Gasteiger partial charge in [0.25, 0.3) is 5.56 Å². The predicted octanol–water partition coefficient (Wildman–Crippen LogP) is 1.18. The molecule has 0 radical (unpaired) electrons. The second-order valence-electron chi connectivity index (χ2n) is 4.39. The fraction of sp³-hybridized carbons (Fsp3) is 0.455.